The summed E-state index contributed by atoms with van der Waals surface area (Å²) in [7, 11) is 0. The Bertz CT molecular complexity index is 751. The number of hydrogen-bond acceptors (Lipinski definition) is 5. The van der Waals surface area contributed by atoms with Crippen LogP contribution in [0.5, 0.6) is 0 Å². The minimum absolute atomic E-state index is 0.00595. The summed E-state index contributed by atoms with van der Waals surface area (Å²) >= 11 is 0. The van der Waals surface area contributed by atoms with E-state index in [9.17, 15) is 15.0 Å². The molecule has 1 aliphatic heterocycles. The van der Waals surface area contributed by atoms with Gasteiger partial charge in [0.1, 0.15) is 11.9 Å². The van der Waals surface area contributed by atoms with Gasteiger partial charge in [0.05, 0.1) is 23.9 Å². The lowest BCUT2D eigenvalue weighted by atomic mass is 9.40. The molecule has 0 radical (unpaired) electrons. The van der Waals surface area contributed by atoms with E-state index in [0.29, 0.717) is 19.3 Å². The van der Waals surface area contributed by atoms with Gasteiger partial charge in [0.25, 0.3) is 0 Å². The van der Waals surface area contributed by atoms with Crippen molar-refractivity contribution in [1.29, 1.82) is 0 Å². The molecule has 3 aliphatic carbocycles. The topological polar surface area (TPSA) is 79.9 Å². The van der Waals surface area contributed by atoms with Gasteiger partial charge in [-0.25, -0.2) is 0 Å². The first-order chi connectivity index (χ1) is 11.7. The van der Waals surface area contributed by atoms with E-state index >= 15 is 0 Å². The van der Waals surface area contributed by atoms with E-state index in [4.69, 9.17) is 9.15 Å². The number of carbonyl (C=O) groups is 1. The maximum Gasteiger partial charge on any atom is 0.314 e. The molecular weight excluding hydrogens is 320 g/mol. The molecule has 1 saturated heterocycles. The highest BCUT2D eigenvalue weighted by molar-refractivity contribution is 5.82. The Balaban J connectivity index is 1.72. The van der Waals surface area contributed by atoms with E-state index in [1.54, 1.807) is 6.26 Å². The molecule has 25 heavy (non-hydrogen) atoms. The molecule has 1 aromatic rings. The maximum atomic E-state index is 12.7. The lowest BCUT2D eigenvalue weighted by molar-refractivity contribution is -0.287. The van der Waals surface area contributed by atoms with Crippen LogP contribution in [-0.4, -0.2) is 34.0 Å². The summed E-state index contributed by atoms with van der Waals surface area (Å²) in [4.78, 5) is 12.7. The second-order valence-corrected chi connectivity index (χ2v) is 9.43. The number of fused-ring (bicyclic) bond motifs is 4. The molecule has 136 valence electrons. The molecule has 2 heterocycles. The zero-order valence-corrected chi connectivity index (χ0v) is 15.0. The Hall–Kier alpha value is -1.33. The van der Waals surface area contributed by atoms with Crippen LogP contribution in [0.15, 0.2) is 16.7 Å². The quantitative estimate of drug-likeness (QED) is 0.705. The number of furan rings is 1. The smallest absolute Gasteiger partial charge is 0.314 e. The number of rotatable bonds is 0. The van der Waals surface area contributed by atoms with Gasteiger partial charge in [-0.1, -0.05) is 20.8 Å². The molecule has 1 aromatic heterocycles. The molecular formula is C20H26O5. The van der Waals surface area contributed by atoms with Crippen molar-refractivity contribution in [2.75, 3.05) is 0 Å². The molecule has 7 atom stereocenters. The Morgan fingerprint density at radius 2 is 2.04 bits per heavy atom. The average molecular weight is 346 g/mol. The van der Waals surface area contributed by atoms with E-state index in [1.165, 1.54) is 0 Å². The predicted octanol–water partition coefficient (Wildman–Crippen LogP) is 2.40. The molecule has 2 N–H and O–H groups in total. The van der Waals surface area contributed by atoms with Crippen molar-refractivity contribution in [1.82, 2.24) is 0 Å². The first-order valence-corrected chi connectivity index (χ1v) is 9.38. The Kier molecular flexibility index (Phi) is 2.86. The highest BCUT2D eigenvalue weighted by Gasteiger charge is 2.73. The van der Waals surface area contributed by atoms with Crippen LogP contribution < -0.4 is 0 Å². The van der Waals surface area contributed by atoms with Crippen LogP contribution in [0.4, 0.5) is 0 Å². The second kappa shape index (κ2) is 4.49. The van der Waals surface area contributed by atoms with Gasteiger partial charge in [0.15, 0.2) is 0 Å². The highest BCUT2D eigenvalue weighted by Crippen LogP contribution is 2.68. The molecule has 5 rings (SSSR count). The fourth-order valence-electron chi connectivity index (χ4n) is 6.77. The molecule has 3 fully saturated rings. The van der Waals surface area contributed by atoms with E-state index < -0.39 is 17.1 Å². The molecule has 5 nitrogen and oxygen atoms in total. The predicted molar refractivity (Wildman–Crippen MR) is 88.7 cm³/mol. The molecule has 0 spiro atoms. The maximum absolute atomic E-state index is 12.7. The Labute approximate surface area is 147 Å². The summed E-state index contributed by atoms with van der Waals surface area (Å²) in [6.45, 7) is 6.17. The summed E-state index contributed by atoms with van der Waals surface area (Å²) in [5.74, 6) is 0.244. The first-order valence-electron chi connectivity index (χ1n) is 9.38. The van der Waals surface area contributed by atoms with Gasteiger partial charge < -0.3 is 19.4 Å². The van der Waals surface area contributed by atoms with Gasteiger partial charge in [-0.2, -0.15) is 0 Å². The number of esters is 1. The number of aliphatic hydroxyl groups is 2. The van der Waals surface area contributed by atoms with E-state index in [2.05, 4.69) is 13.8 Å². The third-order valence-electron chi connectivity index (χ3n) is 8.33. The fraction of sp³-hybridized carbons (Fsp3) is 0.750. The van der Waals surface area contributed by atoms with Crippen molar-refractivity contribution in [2.45, 2.75) is 70.2 Å². The number of ether oxygens (including phenoxy) is 1. The molecule has 0 bridgehead atoms. The van der Waals surface area contributed by atoms with Crippen LogP contribution in [0, 0.1) is 22.7 Å². The Morgan fingerprint density at radius 3 is 2.80 bits per heavy atom. The van der Waals surface area contributed by atoms with Crippen molar-refractivity contribution in [3.63, 3.8) is 0 Å². The normalized spacial score (nSPS) is 49.8. The third-order valence-corrected chi connectivity index (χ3v) is 8.33. The van der Waals surface area contributed by atoms with Gasteiger partial charge in [0, 0.05) is 29.7 Å². The third kappa shape index (κ3) is 1.61. The minimum atomic E-state index is -1.08. The van der Waals surface area contributed by atoms with Crippen molar-refractivity contribution in [2.24, 2.45) is 22.7 Å². The van der Waals surface area contributed by atoms with Crippen molar-refractivity contribution >= 4 is 5.97 Å². The minimum Gasteiger partial charge on any atom is -0.469 e. The summed E-state index contributed by atoms with van der Waals surface area (Å²) in [6.07, 6.45) is 3.24. The Morgan fingerprint density at radius 1 is 1.28 bits per heavy atom. The second-order valence-electron chi connectivity index (χ2n) is 9.43. The van der Waals surface area contributed by atoms with E-state index in [0.717, 1.165) is 17.7 Å². The van der Waals surface area contributed by atoms with Gasteiger partial charge in [-0.3, -0.25) is 4.79 Å². The van der Waals surface area contributed by atoms with Crippen molar-refractivity contribution in [3.05, 3.63) is 23.7 Å². The van der Waals surface area contributed by atoms with Gasteiger partial charge in [0.2, 0.25) is 0 Å². The lowest BCUT2D eigenvalue weighted by Gasteiger charge is -2.67. The molecule has 5 heteroatoms. The molecule has 4 aliphatic rings. The van der Waals surface area contributed by atoms with Crippen molar-refractivity contribution in [3.8, 4) is 0 Å². The van der Waals surface area contributed by atoms with Crippen LogP contribution in [0.1, 0.15) is 57.3 Å². The number of hydrogen-bond donors (Lipinski definition) is 2. The van der Waals surface area contributed by atoms with Crippen LogP contribution in [-0.2, 0) is 16.0 Å². The van der Waals surface area contributed by atoms with Crippen LogP contribution in [0.3, 0.4) is 0 Å². The van der Waals surface area contributed by atoms with Crippen LogP contribution >= 0.6 is 0 Å². The summed E-state index contributed by atoms with van der Waals surface area (Å²) in [5, 5.41) is 23.0. The molecule has 7 unspecified atom stereocenters. The molecule has 0 aromatic carbocycles. The van der Waals surface area contributed by atoms with Gasteiger partial charge in [-0.15, -0.1) is 0 Å². The lowest BCUT2D eigenvalue weighted by Crippen LogP contribution is -2.72. The zero-order valence-electron chi connectivity index (χ0n) is 15.0. The van der Waals surface area contributed by atoms with E-state index in [1.807, 2.05) is 13.0 Å². The van der Waals surface area contributed by atoms with Crippen molar-refractivity contribution < 1.29 is 24.2 Å². The summed E-state index contributed by atoms with van der Waals surface area (Å²) in [6, 6.07) is 1.88. The van der Waals surface area contributed by atoms with E-state index in [-0.39, 0.29) is 35.2 Å². The zero-order chi connectivity index (χ0) is 17.8. The fourth-order valence-corrected chi connectivity index (χ4v) is 6.77. The molecule has 2 saturated carbocycles. The summed E-state index contributed by atoms with van der Waals surface area (Å²) < 4.78 is 11.4. The number of carbonyl (C=O) groups excluding carboxylic acids is 1. The van der Waals surface area contributed by atoms with Crippen LogP contribution in [0.2, 0.25) is 0 Å². The van der Waals surface area contributed by atoms with Gasteiger partial charge in [-0.05, 0) is 30.2 Å². The van der Waals surface area contributed by atoms with Crippen LogP contribution in [0.25, 0.3) is 0 Å². The largest absolute Gasteiger partial charge is 0.469 e. The first kappa shape index (κ1) is 15.9. The highest BCUT2D eigenvalue weighted by atomic mass is 16.6. The SMILES string of the molecule is CC1(C)CCC(O)C2(C)C3Cc4occc4C4C(=O)OC(CC12O)C43. The average Bonchev–Trinajstić information content (AvgIpc) is 3.13. The molecule has 0 amide bonds. The summed E-state index contributed by atoms with van der Waals surface area (Å²) in [5.41, 5.74) is -1.18. The standard InChI is InChI=1S/C20H26O5/c1-18(2)6-4-14(21)19(3)11-8-12-10(5-7-24-12)15-16(11)13(25-17(15)22)9-20(18,19)23/h5,7,11,13-16,21,23H,4,6,8-9H2,1-3H3. The van der Waals surface area contributed by atoms with Gasteiger partial charge >= 0.3 is 5.97 Å². The monoisotopic (exact) mass is 346 g/mol. The number of aliphatic hydroxyl groups excluding tert-OH is 1.